The van der Waals surface area contributed by atoms with Crippen LogP contribution < -0.4 is 0 Å². The fourth-order valence-corrected chi connectivity index (χ4v) is 14.3. The summed E-state index contributed by atoms with van der Waals surface area (Å²) in [5.74, 6) is -1.60. The molecular formula is C101H172O16P2. The summed E-state index contributed by atoms with van der Waals surface area (Å²) in [6.07, 6.45) is 120. The molecule has 0 heterocycles. The number of carbonyl (C=O) groups excluding carboxylic acids is 3. The predicted octanol–water partition coefficient (Wildman–Crippen LogP) is 29.4. The summed E-state index contributed by atoms with van der Waals surface area (Å²) in [7, 11) is -9.82. The van der Waals surface area contributed by atoms with E-state index in [-0.39, 0.29) is 19.3 Å². The Bertz CT molecular complexity index is 2840. The van der Waals surface area contributed by atoms with Crippen molar-refractivity contribution in [2.45, 2.75) is 411 Å². The maximum atomic E-state index is 13.1. The minimum absolute atomic E-state index is 0.0767. The van der Waals surface area contributed by atoms with Gasteiger partial charge in [-0.05, 0) is 161 Å². The van der Waals surface area contributed by atoms with Crippen LogP contribution in [0.3, 0.4) is 0 Å². The number of hydrogen-bond acceptors (Lipinski definition) is 14. The lowest BCUT2D eigenvalue weighted by Crippen LogP contribution is -2.30. The van der Waals surface area contributed by atoms with Crippen LogP contribution in [0.15, 0.2) is 170 Å². The Labute approximate surface area is 726 Å². The van der Waals surface area contributed by atoms with E-state index in [1.807, 2.05) is 0 Å². The van der Waals surface area contributed by atoms with Gasteiger partial charge in [-0.3, -0.25) is 32.5 Å². The summed E-state index contributed by atoms with van der Waals surface area (Å²) in [5.41, 5.74) is 0. The van der Waals surface area contributed by atoms with Crippen LogP contribution in [0.5, 0.6) is 0 Å². The number of rotatable bonds is 89. The number of aliphatic hydroxyl groups is 2. The number of carbonyl (C=O) groups is 3. The van der Waals surface area contributed by atoms with E-state index < -0.39 is 91.5 Å². The molecule has 0 aromatic carbocycles. The second kappa shape index (κ2) is 92.1. The highest BCUT2D eigenvalue weighted by molar-refractivity contribution is 7.47. The van der Waals surface area contributed by atoms with E-state index in [0.29, 0.717) is 19.3 Å². The molecule has 0 saturated heterocycles. The van der Waals surface area contributed by atoms with E-state index >= 15 is 0 Å². The zero-order valence-corrected chi connectivity index (χ0v) is 77.0. The van der Waals surface area contributed by atoms with Gasteiger partial charge in [0.15, 0.2) is 6.10 Å². The van der Waals surface area contributed by atoms with Crippen LogP contribution in [-0.2, 0) is 55.8 Å². The molecule has 18 heteroatoms. The molecule has 682 valence electrons. The Morgan fingerprint density at radius 1 is 0.244 bits per heavy atom. The lowest BCUT2D eigenvalue weighted by molar-refractivity contribution is -0.161. The quantitative estimate of drug-likeness (QED) is 0.0146. The summed E-state index contributed by atoms with van der Waals surface area (Å²) in [4.78, 5) is 59.0. The van der Waals surface area contributed by atoms with Gasteiger partial charge in [0.05, 0.1) is 26.4 Å². The zero-order chi connectivity index (χ0) is 86.5. The van der Waals surface area contributed by atoms with Gasteiger partial charge in [0.25, 0.3) is 0 Å². The third kappa shape index (κ3) is 93.5. The number of unbranched alkanes of at least 4 members (excludes halogenated alkanes) is 38. The van der Waals surface area contributed by atoms with Crippen LogP contribution in [-0.4, -0.2) is 95.9 Å². The molecule has 0 aliphatic heterocycles. The van der Waals surface area contributed by atoms with Crippen molar-refractivity contribution >= 4 is 33.6 Å². The number of phosphoric acid groups is 2. The molecule has 4 N–H and O–H groups in total. The number of ether oxygens (including phenoxy) is 3. The molecule has 119 heavy (non-hydrogen) atoms. The minimum atomic E-state index is -4.95. The van der Waals surface area contributed by atoms with Gasteiger partial charge < -0.3 is 34.2 Å². The molecule has 5 atom stereocenters. The van der Waals surface area contributed by atoms with E-state index in [0.717, 1.165) is 180 Å². The van der Waals surface area contributed by atoms with Gasteiger partial charge >= 0.3 is 33.6 Å². The molecule has 0 amide bonds. The molecule has 0 rings (SSSR count). The summed E-state index contributed by atoms with van der Waals surface area (Å²) < 4.78 is 61.5. The van der Waals surface area contributed by atoms with E-state index in [1.54, 1.807) is 0 Å². The molecule has 0 spiro atoms. The number of allylic oxidation sites excluding steroid dienone is 28. The summed E-state index contributed by atoms with van der Waals surface area (Å²) in [5, 5.41) is 20.7. The summed E-state index contributed by atoms with van der Waals surface area (Å²) in [6, 6.07) is 0. The van der Waals surface area contributed by atoms with Crippen molar-refractivity contribution in [2.24, 2.45) is 0 Å². The Hall–Kier alpha value is -5.09. The highest BCUT2D eigenvalue weighted by Gasteiger charge is 2.29. The number of aliphatic hydroxyl groups excluding tert-OH is 2. The van der Waals surface area contributed by atoms with Crippen molar-refractivity contribution in [2.75, 3.05) is 39.6 Å². The van der Waals surface area contributed by atoms with E-state index in [1.165, 1.54) is 154 Å². The molecule has 0 aliphatic rings. The van der Waals surface area contributed by atoms with Crippen molar-refractivity contribution in [3.05, 3.63) is 170 Å². The first kappa shape index (κ1) is 114. The number of hydrogen-bond donors (Lipinski definition) is 4. The fourth-order valence-electron chi connectivity index (χ4n) is 12.7. The average Bonchev–Trinajstić information content (AvgIpc) is 0.903. The standard InChI is InChI=1S/C101H172O16P2/c1-4-7-10-13-16-19-22-25-28-31-34-37-39-41-43-44-45-46-47-48-49-50-52-54-55-58-60-63-66-69-72-75-78-81-84-87-99(104)111-90-96(102)91-113-118(107,108)114-92-97(103)93-115-119(109,110)116-95-98(117-101(106)89-86-83-80-77-74-71-68-65-62-57-36-33-30-27-24-21-18-15-12-9-6-3)94-112-100(105)88-85-82-79-76-73-70-67-64-61-59-56-53-51-42-40-38-35-32-29-26-23-20-17-14-11-8-5-2/h8,11,16-21,25-30,34-38,41-43,51,56-57,59,65,68,96-98,102-103H,4-7,9-10,12-15,22-24,31-33,39-40,44-50,52-55,58,60-64,66-67,69-95H2,1-3H3,(H,107,108)(H,109,110)/b11-8-,19-16-,20-17-,21-18-,28-25-,29-26-,30-27-,37-34-,38-35-,43-41-,51-42-,57-36-,59-56-,68-65-. The van der Waals surface area contributed by atoms with E-state index in [4.69, 9.17) is 32.3 Å². The molecule has 0 saturated carbocycles. The topological polar surface area (TPSA) is 231 Å². The fraction of sp³-hybridized carbons (Fsp3) is 0.693. The molecule has 0 radical (unpaired) electrons. The first-order valence-corrected chi connectivity index (χ1v) is 50.4. The lowest BCUT2D eigenvalue weighted by Gasteiger charge is -2.21. The Balaban J connectivity index is 4.56. The third-order valence-electron chi connectivity index (χ3n) is 19.9. The van der Waals surface area contributed by atoms with Gasteiger partial charge in [-0.2, -0.15) is 0 Å². The molecule has 0 bridgehead atoms. The van der Waals surface area contributed by atoms with Gasteiger partial charge in [0.2, 0.25) is 0 Å². The summed E-state index contributed by atoms with van der Waals surface area (Å²) in [6.45, 7) is 2.52. The van der Waals surface area contributed by atoms with Crippen LogP contribution in [0.4, 0.5) is 0 Å². The van der Waals surface area contributed by atoms with Gasteiger partial charge in [-0.25, -0.2) is 9.13 Å². The van der Waals surface area contributed by atoms with Crippen molar-refractivity contribution < 1.29 is 75.8 Å². The van der Waals surface area contributed by atoms with E-state index in [9.17, 15) is 43.5 Å². The van der Waals surface area contributed by atoms with Crippen LogP contribution in [0.2, 0.25) is 0 Å². The second-order valence-electron chi connectivity index (χ2n) is 31.4. The van der Waals surface area contributed by atoms with Crippen molar-refractivity contribution in [3.8, 4) is 0 Å². The van der Waals surface area contributed by atoms with Crippen molar-refractivity contribution in [1.82, 2.24) is 0 Å². The maximum Gasteiger partial charge on any atom is 0.472 e. The predicted molar refractivity (Wildman–Crippen MR) is 500 cm³/mol. The molecule has 0 aromatic rings. The normalized spacial score (nSPS) is 14.5. The molecule has 5 unspecified atom stereocenters. The lowest BCUT2D eigenvalue weighted by atomic mass is 10.0. The van der Waals surface area contributed by atoms with Crippen molar-refractivity contribution in [3.63, 3.8) is 0 Å². The maximum absolute atomic E-state index is 13.1. The van der Waals surface area contributed by atoms with Gasteiger partial charge in [0, 0.05) is 19.3 Å². The smallest absolute Gasteiger partial charge is 0.463 e. The first-order valence-electron chi connectivity index (χ1n) is 47.4. The number of phosphoric ester groups is 2. The first-order chi connectivity index (χ1) is 58.2. The summed E-state index contributed by atoms with van der Waals surface area (Å²) >= 11 is 0. The van der Waals surface area contributed by atoms with E-state index in [2.05, 4.69) is 191 Å². The molecule has 0 aromatic heterocycles. The Morgan fingerprint density at radius 2 is 0.445 bits per heavy atom. The van der Waals surface area contributed by atoms with Gasteiger partial charge in [0.1, 0.15) is 25.4 Å². The zero-order valence-electron chi connectivity index (χ0n) is 75.2. The molecule has 0 aliphatic carbocycles. The van der Waals surface area contributed by atoms with Crippen LogP contribution >= 0.6 is 15.6 Å². The largest absolute Gasteiger partial charge is 0.472 e. The molecule has 0 fully saturated rings. The third-order valence-corrected chi connectivity index (χ3v) is 21.8. The van der Waals surface area contributed by atoms with Crippen LogP contribution in [0.1, 0.15) is 393 Å². The number of esters is 3. The van der Waals surface area contributed by atoms with Crippen molar-refractivity contribution in [1.29, 1.82) is 0 Å². The second-order valence-corrected chi connectivity index (χ2v) is 34.3. The molecular weight excluding hydrogens is 1530 g/mol. The van der Waals surface area contributed by atoms with Crippen LogP contribution in [0, 0.1) is 0 Å². The average molecular weight is 1700 g/mol. The highest BCUT2D eigenvalue weighted by atomic mass is 31.2. The van der Waals surface area contributed by atoms with Gasteiger partial charge in [-0.15, -0.1) is 0 Å². The minimum Gasteiger partial charge on any atom is -0.463 e. The molecule has 16 nitrogen and oxygen atoms in total. The SMILES string of the molecule is CC/C=C\C/C=C\C/C=C\C/C=C\C/C=C\C/C=C\CCCCCCCCCCC(=O)OCC(COP(=O)(O)OCC(O)COP(=O)(O)OCC(O)COC(=O)CCCCCCCCCCCCCCCCCCCCC/C=C\C/C=C\C/C=C\C/C=C\CCCCC)OC(=O)CCCCCCC/C=C\C/C=C\C/C=C\C/C=C\CCCCC. The monoisotopic (exact) mass is 1700 g/mol. The highest BCUT2D eigenvalue weighted by Crippen LogP contribution is 2.45. The van der Waals surface area contributed by atoms with Gasteiger partial charge in [-0.1, -0.05) is 384 Å². The Morgan fingerprint density at radius 3 is 0.706 bits per heavy atom. The van der Waals surface area contributed by atoms with Crippen LogP contribution in [0.25, 0.3) is 0 Å². The Kier molecular flexibility index (Phi) is 88.2.